The molecule has 0 aromatic rings. The van der Waals surface area contributed by atoms with Crippen LogP contribution >= 0.6 is 35.7 Å². The highest BCUT2D eigenvalue weighted by atomic mass is 32.2. The van der Waals surface area contributed by atoms with Gasteiger partial charge >= 0.3 is 11.9 Å². The van der Waals surface area contributed by atoms with Crippen LogP contribution in [-0.4, -0.2) is 36.2 Å². The third-order valence-electron chi connectivity index (χ3n) is 1.24. The van der Waals surface area contributed by atoms with Crippen molar-refractivity contribution in [2.45, 2.75) is 24.3 Å². The van der Waals surface area contributed by atoms with Crippen LogP contribution in [0.4, 0.5) is 0 Å². The molecule has 0 rings (SSSR count). The van der Waals surface area contributed by atoms with E-state index in [1.54, 1.807) is 0 Å². The summed E-state index contributed by atoms with van der Waals surface area (Å²) in [7, 11) is 0. The Kier molecular flexibility index (Phi) is 6.14. The lowest BCUT2D eigenvalue weighted by Gasteiger charge is -2.08. The van der Waals surface area contributed by atoms with Crippen molar-refractivity contribution in [2.75, 3.05) is 0 Å². The van der Waals surface area contributed by atoms with Crippen LogP contribution in [-0.2, 0) is 9.59 Å². The molecule has 2 atom stereocenters. The summed E-state index contributed by atoms with van der Waals surface area (Å²) in [5.74, 6) is -1.91. The van der Waals surface area contributed by atoms with Gasteiger partial charge in [0.1, 0.15) is 14.0 Å². The molecule has 0 aromatic heterocycles. The molecular formula is C7H10O4S3. The zero-order valence-electron chi connectivity index (χ0n) is 7.59. The quantitative estimate of drug-likeness (QED) is 0.739. The van der Waals surface area contributed by atoms with E-state index in [0.29, 0.717) is 3.53 Å². The molecule has 0 saturated heterocycles. The zero-order valence-corrected chi connectivity index (χ0v) is 10.0. The van der Waals surface area contributed by atoms with Crippen molar-refractivity contribution >= 4 is 51.2 Å². The summed E-state index contributed by atoms with van der Waals surface area (Å²) in [5.41, 5.74) is 0. The number of hydrogen-bond donors (Lipinski definition) is 2. The lowest BCUT2D eigenvalue weighted by molar-refractivity contribution is -0.137. The van der Waals surface area contributed by atoms with E-state index in [-0.39, 0.29) is 0 Å². The van der Waals surface area contributed by atoms with Crippen LogP contribution in [0.5, 0.6) is 0 Å². The first-order valence-corrected chi connectivity index (χ1v) is 5.84. The highest BCUT2D eigenvalue weighted by molar-refractivity contribution is 8.47. The molecule has 0 unspecified atom stereocenters. The predicted molar refractivity (Wildman–Crippen MR) is 62.0 cm³/mol. The van der Waals surface area contributed by atoms with Gasteiger partial charge in [0.25, 0.3) is 0 Å². The minimum atomic E-state index is -0.957. The summed E-state index contributed by atoms with van der Waals surface area (Å²) in [6.45, 7) is 3.01. The van der Waals surface area contributed by atoms with Gasteiger partial charge in [0.05, 0.1) is 0 Å². The molecule has 80 valence electrons. The molecule has 0 heterocycles. The second-order valence-corrected chi connectivity index (χ2v) is 6.33. The molecule has 0 radical (unpaired) electrons. The maximum atomic E-state index is 10.4. The van der Waals surface area contributed by atoms with Gasteiger partial charge in [-0.15, -0.1) is 0 Å². The van der Waals surface area contributed by atoms with Crippen molar-refractivity contribution in [3.63, 3.8) is 0 Å². The lowest BCUT2D eigenvalue weighted by Crippen LogP contribution is -2.16. The first kappa shape index (κ1) is 13.7. The van der Waals surface area contributed by atoms with Crippen molar-refractivity contribution in [3.05, 3.63) is 0 Å². The maximum absolute atomic E-state index is 10.4. The molecule has 0 aromatic carbocycles. The fraction of sp³-hybridized carbons (Fsp3) is 0.571. The molecule has 0 saturated carbocycles. The third-order valence-corrected chi connectivity index (χ3v) is 3.89. The normalized spacial score (nSPS) is 14.4. The van der Waals surface area contributed by atoms with Crippen molar-refractivity contribution in [1.82, 2.24) is 0 Å². The number of carboxylic acids is 2. The van der Waals surface area contributed by atoms with Gasteiger partial charge in [-0.2, -0.15) is 0 Å². The van der Waals surface area contributed by atoms with Crippen molar-refractivity contribution in [3.8, 4) is 0 Å². The monoisotopic (exact) mass is 254 g/mol. The van der Waals surface area contributed by atoms with Crippen LogP contribution in [0.15, 0.2) is 0 Å². The Balaban J connectivity index is 3.99. The molecule has 0 aliphatic carbocycles. The molecule has 0 bridgehead atoms. The fourth-order valence-electron chi connectivity index (χ4n) is 0.417. The maximum Gasteiger partial charge on any atom is 0.316 e. The van der Waals surface area contributed by atoms with E-state index in [4.69, 9.17) is 22.4 Å². The number of aliphatic carboxylic acids is 2. The first-order valence-electron chi connectivity index (χ1n) is 3.67. The molecule has 2 N–H and O–H groups in total. The van der Waals surface area contributed by atoms with Crippen molar-refractivity contribution in [1.29, 1.82) is 0 Å². The van der Waals surface area contributed by atoms with Gasteiger partial charge in [-0.25, -0.2) is 0 Å². The summed E-state index contributed by atoms with van der Waals surface area (Å²) in [6.07, 6.45) is 0. The van der Waals surface area contributed by atoms with Crippen LogP contribution in [0.3, 0.4) is 0 Å². The number of carbonyl (C=O) groups is 2. The second kappa shape index (κ2) is 6.26. The van der Waals surface area contributed by atoms with Gasteiger partial charge in [0, 0.05) is 0 Å². The van der Waals surface area contributed by atoms with Gasteiger partial charge < -0.3 is 10.2 Å². The molecule has 0 amide bonds. The topological polar surface area (TPSA) is 74.6 Å². The van der Waals surface area contributed by atoms with Crippen LogP contribution in [0.25, 0.3) is 0 Å². The third kappa shape index (κ3) is 5.46. The van der Waals surface area contributed by atoms with E-state index in [1.165, 1.54) is 13.8 Å². The molecule has 0 aliphatic rings. The molecule has 0 spiro atoms. The average molecular weight is 254 g/mol. The Morgan fingerprint density at radius 2 is 1.36 bits per heavy atom. The highest BCUT2D eigenvalue weighted by Crippen LogP contribution is 2.25. The summed E-state index contributed by atoms with van der Waals surface area (Å²) in [5, 5.41) is 15.9. The number of hydrogen-bond acceptors (Lipinski definition) is 5. The molecular weight excluding hydrogens is 244 g/mol. The minimum absolute atomic E-state index is 0.342. The predicted octanol–water partition coefficient (Wildman–Crippen LogP) is 1.68. The Morgan fingerprint density at radius 3 is 1.57 bits per heavy atom. The average Bonchev–Trinajstić information content (AvgIpc) is 2.03. The first-order chi connectivity index (χ1) is 6.34. The van der Waals surface area contributed by atoms with Gasteiger partial charge in [-0.3, -0.25) is 9.59 Å². The zero-order chi connectivity index (χ0) is 11.3. The largest absolute Gasteiger partial charge is 0.480 e. The van der Waals surface area contributed by atoms with E-state index in [9.17, 15) is 9.59 Å². The Bertz CT molecular complexity index is 229. The van der Waals surface area contributed by atoms with Crippen molar-refractivity contribution < 1.29 is 19.8 Å². The molecule has 0 fully saturated rings. The smallest absolute Gasteiger partial charge is 0.316 e. The van der Waals surface area contributed by atoms with Crippen LogP contribution in [0.2, 0.25) is 0 Å². The van der Waals surface area contributed by atoms with Crippen LogP contribution in [0, 0.1) is 0 Å². The van der Waals surface area contributed by atoms with Crippen LogP contribution < -0.4 is 0 Å². The lowest BCUT2D eigenvalue weighted by atomic mass is 10.5. The molecule has 14 heavy (non-hydrogen) atoms. The van der Waals surface area contributed by atoms with E-state index in [0.717, 1.165) is 23.5 Å². The highest BCUT2D eigenvalue weighted by Gasteiger charge is 2.19. The van der Waals surface area contributed by atoms with Gasteiger partial charge in [0.15, 0.2) is 0 Å². The molecule has 0 aliphatic heterocycles. The number of carboxylic acid groups (broad SMARTS) is 2. The van der Waals surface area contributed by atoms with Crippen LogP contribution in [0.1, 0.15) is 13.8 Å². The molecule has 7 heteroatoms. The van der Waals surface area contributed by atoms with Gasteiger partial charge in [-0.05, 0) is 13.8 Å². The van der Waals surface area contributed by atoms with E-state index >= 15 is 0 Å². The SMILES string of the molecule is C[C@H](SC(=S)S[C@H](C)C(=O)O)C(=O)O. The summed E-state index contributed by atoms with van der Waals surface area (Å²) < 4.78 is 0.342. The number of thioether (sulfide) groups is 2. The number of rotatable bonds is 4. The van der Waals surface area contributed by atoms with Gasteiger partial charge in [0.2, 0.25) is 0 Å². The Labute approximate surface area is 95.4 Å². The minimum Gasteiger partial charge on any atom is -0.480 e. The van der Waals surface area contributed by atoms with Crippen molar-refractivity contribution in [2.24, 2.45) is 0 Å². The summed E-state index contributed by atoms with van der Waals surface area (Å²) in [4.78, 5) is 20.9. The Morgan fingerprint density at radius 1 is 1.07 bits per heavy atom. The fourth-order valence-corrected chi connectivity index (χ4v) is 3.15. The van der Waals surface area contributed by atoms with E-state index in [1.807, 2.05) is 0 Å². The van der Waals surface area contributed by atoms with E-state index in [2.05, 4.69) is 0 Å². The standard InChI is InChI=1S/C7H10O4S3/c1-3(5(8)9)13-7(12)14-4(2)6(10)11/h3-4H,1-2H3,(H,8,9)(H,10,11)/t3-,4+. The second-order valence-electron chi connectivity index (χ2n) is 2.45. The molecule has 4 nitrogen and oxygen atoms in total. The van der Waals surface area contributed by atoms with Gasteiger partial charge in [-0.1, -0.05) is 35.7 Å². The summed E-state index contributed by atoms with van der Waals surface area (Å²) >= 11 is 6.81. The summed E-state index contributed by atoms with van der Waals surface area (Å²) in [6, 6.07) is 0. The number of thiocarbonyl (C=S) groups is 1. The Hall–Kier alpha value is -0.270. The van der Waals surface area contributed by atoms with E-state index < -0.39 is 22.4 Å².